The number of thiazole rings is 1. The van der Waals surface area contributed by atoms with E-state index in [0.29, 0.717) is 18.1 Å². The van der Waals surface area contributed by atoms with Crippen molar-refractivity contribution in [2.24, 2.45) is 0 Å². The van der Waals surface area contributed by atoms with Crippen LogP contribution in [0.1, 0.15) is 22.8 Å². The van der Waals surface area contributed by atoms with E-state index in [1.54, 1.807) is 16.5 Å². The molecule has 0 radical (unpaired) electrons. The number of carbonyl (C=O) groups is 1. The van der Waals surface area contributed by atoms with Gasteiger partial charge in [-0.3, -0.25) is 14.0 Å². The van der Waals surface area contributed by atoms with Crippen LogP contribution in [0.25, 0.3) is 4.96 Å². The number of hydrogen-bond donors (Lipinski definition) is 0. The molecule has 0 aliphatic rings. The van der Waals surface area contributed by atoms with Gasteiger partial charge in [-0.2, -0.15) is 0 Å². The molecule has 0 unspecified atom stereocenters. The highest BCUT2D eigenvalue weighted by Crippen LogP contribution is 2.08. The third kappa shape index (κ3) is 3.17. The minimum atomic E-state index is -0.306. The second kappa shape index (κ2) is 6.75. The molecule has 2 aromatic heterocycles. The average Bonchev–Trinajstić information content (AvgIpc) is 3.06. The molecule has 3 aromatic rings. The van der Waals surface area contributed by atoms with Crippen molar-refractivity contribution in [1.29, 1.82) is 0 Å². The van der Waals surface area contributed by atoms with Crippen LogP contribution in [0.15, 0.2) is 52.9 Å². The predicted octanol–water partition coefficient (Wildman–Crippen LogP) is 2.46. The first-order valence-corrected chi connectivity index (χ1v) is 8.36. The number of benzene rings is 1. The fourth-order valence-corrected chi connectivity index (χ4v) is 3.13. The molecule has 0 bridgehead atoms. The summed E-state index contributed by atoms with van der Waals surface area (Å²) >= 11 is 1.37. The van der Waals surface area contributed by atoms with E-state index in [0.717, 1.165) is 6.42 Å². The topological polar surface area (TPSA) is 54.7 Å². The fraction of sp³-hybridized carbons (Fsp3) is 0.235. The van der Waals surface area contributed by atoms with Crippen LogP contribution >= 0.6 is 11.3 Å². The van der Waals surface area contributed by atoms with Crippen LogP contribution in [-0.2, 0) is 6.42 Å². The predicted molar refractivity (Wildman–Crippen MR) is 91.1 cm³/mol. The summed E-state index contributed by atoms with van der Waals surface area (Å²) in [6, 6.07) is 10.00. The Labute approximate surface area is 137 Å². The largest absolute Gasteiger partial charge is 0.338 e. The fourth-order valence-electron chi connectivity index (χ4n) is 2.45. The maximum atomic E-state index is 12.7. The summed E-state index contributed by atoms with van der Waals surface area (Å²) in [5.74, 6) is -0.262. The van der Waals surface area contributed by atoms with E-state index in [4.69, 9.17) is 0 Å². The lowest BCUT2D eigenvalue weighted by atomic mass is 10.1. The SMILES string of the molecule is CCN(CCc1ccccc1)C(=O)c1cnc2sccn2c1=O. The average molecular weight is 327 g/mol. The van der Waals surface area contributed by atoms with E-state index in [9.17, 15) is 9.59 Å². The summed E-state index contributed by atoms with van der Waals surface area (Å²) < 4.78 is 1.42. The van der Waals surface area contributed by atoms with E-state index >= 15 is 0 Å². The van der Waals surface area contributed by atoms with E-state index in [1.165, 1.54) is 27.5 Å². The summed E-state index contributed by atoms with van der Waals surface area (Å²) in [6.07, 6.45) is 3.80. The summed E-state index contributed by atoms with van der Waals surface area (Å²) in [4.78, 5) is 31.5. The molecule has 1 amide bonds. The minimum Gasteiger partial charge on any atom is -0.338 e. The van der Waals surface area contributed by atoms with E-state index in [2.05, 4.69) is 4.98 Å². The molecule has 0 fully saturated rings. The third-order valence-corrected chi connectivity index (χ3v) is 4.53. The zero-order valence-corrected chi connectivity index (χ0v) is 13.6. The number of amides is 1. The highest BCUT2D eigenvalue weighted by atomic mass is 32.1. The molecule has 3 rings (SSSR count). The van der Waals surface area contributed by atoms with Gasteiger partial charge in [0.1, 0.15) is 5.56 Å². The van der Waals surface area contributed by atoms with E-state index < -0.39 is 0 Å². The number of nitrogens with zero attached hydrogens (tertiary/aromatic N) is 3. The molecule has 5 nitrogen and oxygen atoms in total. The number of hydrogen-bond acceptors (Lipinski definition) is 4. The summed E-state index contributed by atoms with van der Waals surface area (Å²) in [5.41, 5.74) is 0.983. The molecular weight excluding hydrogens is 310 g/mol. The zero-order chi connectivity index (χ0) is 16.2. The Morgan fingerprint density at radius 2 is 2.09 bits per heavy atom. The highest BCUT2D eigenvalue weighted by molar-refractivity contribution is 7.15. The highest BCUT2D eigenvalue weighted by Gasteiger charge is 2.19. The Morgan fingerprint density at radius 1 is 1.30 bits per heavy atom. The second-order valence-electron chi connectivity index (χ2n) is 5.15. The molecule has 0 aliphatic carbocycles. The van der Waals surface area contributed by atoms with Crippen molar-refractivity contribution >= 4 is 22.2 Å². The maximum Gasteiger partial charge on any atom is 0.271 e. The first kappa shape index (κ1) is 15.4. The van der Waals surface area contributed by atoms with Gasteiger partial charge in [0, 0.05) is 30.9 Å². The molecular formula is C17H17N3O2S. The molecule has 2 heterocycles. The van der Waals surface area contributed by atoms with Gasteiger partial charge in [0.25, 0.3) is 11.5 Å². The molecule has 0 saturated heterocycles. The van der Waals surface area contributed by atoms with Crippen LogP contribution < -0.4 is 5.56 Å². The molecule has 0 aliphatic heterocycles. The molecule has 118 valence electrons. The lowest BCUT2D eigenvalue weighted by molar-refractivity contribution is 0.0764. The van der Waals surface area contributed by atoms with Crippen LogP contribution in [0.4, 0.5) is 0 Å². The lowest BCUT2D eigenvalue weighted by Crippen LogP contribution is -2.36. The van der Waals surface area contributed by atoms with Crippen molar-refractivity contribution < 1.29 is 4.79 Å². The van der Waals surface area contributed by atoms with Crippen molar-refractivity contribution in [3.05, 3.63) is 69.6 Å². The van der Waals surface area contributed by atoms with Crippen LogP contribution in [0.5, 0.6) is 0 Å². The number of fused-ring (bicyclic) bond motifs is 1. The molecule has 0 N–H and O–H groups in total. The van der Waals surface area contributed by atoms with Gasteiger partial charge in [-0.15, -0.1) is 11.3 Å². The number of carbonyl (C=O) groups excluding carboxylic acids is 1. The van der Waals surface area contributed by atoms with Crippen molar-refractivity contribution in [1.82, 2.24) is 14.3 Å². The molecule has 0 spiro atoms. The first-order valence-electron chi connectivity index (χ1n) is 7.48. The van der Waals surface area contributed by atoms with Gasteiger partial charge in [-0.1, -0.05) is 30.3 Å². The van der Waals surface area contributed by atoms with Crippen molar-refractivity contribution in [2.45, 2.75) is 13.3 Å². The van der Waals surface area contributed by atoms with Crippen LogP contribution in [0.2, 0.25) is 0 Å². The van der Waals surface area contributed by atoms with Gasteiger partial charge in [0.2, 0.25) is 0 Å². The Hall–Kier alpha value is -2.47. The monoisotopic (exact) mass is 327 g/mol. The van der Waals surface area contributed by atoms with Crippen molar-refractivity contribution in [2.75, 3.05) is 13.1 Å². The summed E-state index contributed by atoms with van der Waals surface area (Å²) in [7, 11) is 0. The Kier molecular flexibility index (Phi) is 4.52. The Morgan fingerprint density at radius 3 is 2.83 bits per heavy atom. The first-order chi connectivity index (χ1) is 11.2. The summed E-state index contributed by atoms with van der Waals surface area (Å²) in [6.45, 7) is 3.04. The van der Waals surface area contributed by atoms with Crippen LogP contribution in [0, 0.1) is 0 Å². The second-order valence-corrected chi connectivity index (χ2v) is 6.03. The Balaban J connectivity index is 1.81. The van der Waals surface area contributed by atoms with Gasteiger partial charge in [-0.05, 0) is 18.9 Å². The smallest absolute Gasteiger partial charge is 0.271 e. The zero-order valence-electron chi connectivity index (χ0n) is 12.8. The maximum absolute atomic E-state index is 12.7. The lowest BCUT2D eigenvalue weighted by Gasteiger charge is -2.20. The van der Waals surface area contributed by atoms with Gasteiger partial charge in [0.15, 0.2) is 4.96 Å². The van der Waals surface area contributed by atoms with Gasteiger partial charge < -0.3 is 4.90 Å². The molecule has 0 saturated carbocycles. The van der Waals surface area contributed by atoms with Gasteiger partial charge in [0.05, 0.1) is 0 Å². The molecule has 23 heavy (non-hydrogen) atoms. The van der Waals surface area contributed by atoms with Crippen LogP contribution in [-0.4, -0.2) is 33.3 Å². The summed E-state index contributed by atoms with van der Waals surface area (Å²) in [5, 5.41) is 1.78. The molecule has 6 heteroatoms. The standard InChI is InChI=1S/C17H17N3O2S/c1-2-19(9-8-13-6-4-3-5-7-13)15(21)14-12-18-17-20(16(14)22)10-11-23-17/h3-7,10-12H,2,8-9H2,1H3. The van der Waals surface area contributed by atoms with Crippen molar-refractivity contribution in [3.8, 4) is 0 Å². The normalized spacial score (nSPS) is 10.8. The Bertz CT molecular complexity index is 870. The van der Waals surface area contributed by atoms with Gasteiger partial charge in [-0.25, -0.2) is 4.98 Å². The number of aromatic nitrogens is 2. The quantitative estimate of drug-likeness (QED) is 0.723. The van der Waals surface area contributed by atoms with E-state index in [-0.39, 0.29) is 17.0 Å². The van der Waals surface area contributed by atoms with Crippen LogP contribution in [0.3, 0.4) is 0 Å². The molecule has 1 aromatic carbocycles. The number of rotatable bonds is 5. The minimum absolute atomic E-state index is 0.121. The molecule has 0 atom stereocenters. The third-order valence-electron chi connectivity index (χ3n) is 3.76. The van der Waals surface area contributed by atoms with E-state index in [1.807, 2.05) is 37.3 Å². The number of likely N-dealkylation sites (N-methyl/N-ethyl adjacent to an activating group) is 1. The van der Waals surface area contributed by atoms with Crippen molar-refractivity contribution in [3.63, 3.8) is 0 Å². The van der Waals surface area contributed by atoms with Gasteiger partial charge >= 0.3 is 0 Å².